The van der Waals surface area contributed by atoms with Crippen LogP contribution in [0.5, 0.6) is 0 Å². The maximum atomic E-state index is 13.0. The maximum Gasteiger partial charge on any atom is 0.257 e. The number of rotatable bonds is 7. The molecule has 1 atom stereocenters. The summed E-state index contributed by atoms with van der Waals surface area (Å²) in [7, 11) is 0. The number of hydrogen-bond acceptors (Lipinski definition) is 4. The molecule has 2 heterocycles. The van der Waals surface area contributed by atoms with Crippen LogP contribution in [-0.2, 0) is 11.2 Å². The maximum absolute atomic E-state index is 13.0. The van der Waals surface area contributed by atoms with Crippen molar-refractivity contribution in [2.75, 3.05) is 13.1 Å². The number of halogens is 2. The fraction of sp³-hybridized carbons (Fsp3) is 0.217. The van der Waals surface area contributed by atoms with Gasteiger partial charge >= 0.3 is 0 Å². The summed E-state index contributed by atoms with van der Waals surface area (Å²) in [6.07, 6.45) is 2.87. The third-order valence-electron chi connectivity index (χ3n) is 4.99. The van der Waals surface area contributed by atoms with E-state index < -0.39 is 0 Å². The Kier molecular flexibility index (Phi) is 6.26. The summed E-state index contributed by atoms with van der Waals surface area (Å²) in [4.78, 5) is 12.9. The van der Waals surface area contributed by atoms with Gasteiger partial charge in [-0.25, -0.2) is 9.40 Å². The van der Waals surface area contributed by atoms with Crippen molar-refractivity contribution in [1.29, 1.82) is 0 Å². The van der Waals surface area contributed by atoms with Crippen LogP contribution < -0.4 is 5.32 Å². The minimum absolute atomic E-state index is 0.139. The van der Waals surface area contributed by atoms with Gasteiger partial charge in [0.2, 0.25) is 0 Å². The van der Waals surface area contributed by atoms with E-state index in [0.29, 0.717) is 30.2 Å². The highest BCUT2D eigenvalue weighted by Gasteiger charge is 2.34. The van der Waals surface area contributed by atoms with Gasteiger partial charge in [0, 0.05) is 11.4 Å². The minimum Gasteiger partial charge on any atom is -0.467 e. The molecule has 1 aromatic heterocycles. The van der Waals surface area contributed by atoms with E-state index in [4.69, 9.17) is 16.0 Å². The third-order valence-corrected chi connectivity index (χ3v) is 5.25. The van der Waals surface area contributed by atoms with Crippen molar-refractivity contribution in [2.45, 2.75) is 18.9 Å². The van der Waals surface area contributed by atoms with Crippen LogP contribution in [0.3, 0.4) is 0 Å². The molecule has 0 fully saturated rings. The Morgan fingerprint density at radius 2 is 1.93 bits per heavy atom. The smallest absolute Gasteiger partial charge is 0.257 e. The summed E-state index contributed by atoms with van der Waals surface area (Å²) >= 11 is 5.98. The van der Waals surface area contributed by atoms with Gasteiger partial charge in [0.15, 0.2) is 0 Å². The van der Waals surface area contributed by atoms with E-state index in [0.717, 1.165) is 16.8 Å². The number of nitrogens with zero attached hydrogens (tertiary/aromatic N) is 2. The first-order valence-corrected chi connectivity index (χ1v) is 10.1. The lowest BCUT2D eigenvalue weighted by Crippen LogP contribution is -2.36. The van der Waals surface area contributed by atoms with Crippen molar-refractivity contribution in [3.05, 3.63) is 94.7 Å². The summed E-state index contributed by atoms with van der Waals surface area (Å²) in [6.45, 7) is 0.750. The molecular formula is C23H21ClFN3O2. The van der Waals surface area contributed by atoms with Crippen molar-refractivity contribution in [1.82, 2.24) is 10.3 Å². The Morgan fingerprint density at radius 1 is 1.17 bits per heavy atom. The number of furan rings is 1. The molecule has 1 aliphatic heterocycles. The number of hydrazone groups is 1. The minimum atomic E-state index is -0.280. The van der Waals surface area contributed by atoms with Crippen LogP contribution in [0, 0.1) is 5.82 Å². The van der Waals surface area contributed by atoms with Gasteiger partial charge in [0.05, 0.1) is 18.5 Å². The lowest BCUT2D eigenvalue weighted by Gasteiger charge is -2.20. The highest BCUT2D eigenvalue weighted by Crippen LogP contribution is 2.33. The molecule has 3 aromatic rings. The summed E-state index contributed by atoms with van der Waals surface area (Å²) in [5, 5.41) is 9.88. The van der Waals surface area contributed by atoms with E-state index in [2.05, 4.69) is 10.4 Å². The molecule has 2 aromatic carbocycles. The normalized spacial score (nSPS) is 16.0. The molecule has 1 amide bonds. The number of carbonyl (C=O) groups excluding carboxylic acids is 1. The standard InChI is InChI=1S/C23H21ClFN3O2/c24-18-7-5-17(6-8-18)20-14-21(22-2-1-13-30-22)28(27-20)23(29)15-26-12-11-16-3-9-19(25)10-4-16/h1-10,13,21,26H,11-12,14-15H2. The Labute approximate surface area is 179 Å². The van der Waals surface area contributed by atoms with Gasteiger partial charge in [-0.2, -0.15) is 5.10 Å². The van der Waals surface area contributed by atoms with E-state index in [1.165, 1.54) is 17.1 Å². The Hall–Kier alpha value is -2.96. The van der Waals surface area contributed by atoms with Crippen LogP contribution in [0.1, 0.15) is 29.3 Å². The average molecular weight is 426 g/mol. The predicted octanol–water partition coefficient (Wildman–Crippen LogP) is 4.58. The number of benzene rings is 2. The lowest BCUT2D eigenvalue weighted by molar-refractivity contribution is -0.132. The second kappa shape index (κ2) is 9.24. The van der Waals surface area contributed by atoms with Crippen LogP contribution in [0.4, 0.5) is 4.39 Å². The van der Waals surface area contributed by atoms with Gasteiger partial charge in [-0.15, -0.1) is 0 Å². The Bertz CT molecular complexity index is 1020. The fourth-order valence-electron chi connectivity index (χ4n) is 3.42. The second-order valence-corrected chi connectivity index (χ2v) is 7.52. The number of hydrogen-bond donors (Lipinski definition) is 1. The zero-order chi connectivity index (χ0) is 20.9. The highest BCUT2D eigenvalue weighted by atomic mass is 35.5. The van der Waals surface area contributed by atoms with E-state index in [9.17, 15) is 9.18 Å². The number of carbonyl (C=O) groups is 1. The van der Waals surface area contributed by atoms with Crippen molar-refractivity contribution < 1.29 is 13.6 Å². The van der Waals surface area contributed by atoms with Crippen molar-refractivity contribution in [3.8, 4) is 0 Å². The van der Waals surface area contributed by atoms with Gasteiger partial charge in [0.25, 0.3) is 5.91 Å². The molecule has 30 heavy (non-hydrogen) atoms. The zero-order valence-corrected chi connectivity index (χ0v) is 17.0. The molecule has 1 unspecified atom stereocenters. The molecule has 0 saturated carbocycles. The lowest BCUT2D eigenvalue weighted by atomic mass is 10.0. The van der Waals surface area contributed by atoms with Gasteiger partial charge < -0.3 is 9.73 Å². The van der Waals surface area contributed by atoms with Crippen LogP contribution >= 0.6 is 11.6 Å². The molecule has 5 nitrogen and oxygen atoms in total. The molecule has 0 saturated heterocycles. The summed E-state index contributed by atoms with van der Waals surface area (Å²) in [5.74, 6) is 0.302. The van der Waals surface area contributed by atoms with Gasteiger partial charge in [0.1, 0.15) is 17.6 Å². The van der Waals surface area contributed by atoms with Crippen LogP contribution in [0.2, 0.25) is 5.02 Å². The molecule has 0 bridgehead atoms. The predicted molar refractivity (Wildman–Crippen MR) is 114 cm³/mol. The van der Waals surface area contributed by atoms with Gasteiger partial charge in [-0.1, -0.05) is 35.9 Å². The Balaban J connectivity index is 1.41. The van der Waals surface area contributed by atoms with Crippen molar-refractivity contribution in [2.24, 2.45) is 5.10 Å². The highest BCUT2D eigenvalue weighted by molar-refractivity contribution is 6.30. The van der Waals surface area contributed by atoms with Crippen molar-refractivity contribution in [3.63, 3.8) is 0 Å². The molecule has 1 aliphatic rings. The van der Waals surface area contributed by atoms with Gasteiger partial charge in [-0.05, 0) is 60.5 Å². The first-order valence-electron chi connectivity index (χ1n) is 9.74. The summed E-state index contributed by atoms with van der Waals surface area (Å²) < 4.78 is 18.5. The SMILES string of the molecule is O=C(CNCCc1ccc(F)cc1)N1N=C(c2ccc(Cl)cc2)CC1c1ccco1. The monoisotopic (exact) mass is 425 g/mol. The van der Waals surface area contributed by atoms with E-state index >= 15 is 0 Å². The molecule has 0 spiro atoms. The quantitative estimate of drug-likeness (QED) is 0.563. The van der Waals surface area contributed by atoms with Crippen molar-refractivity contribution >= 4 is 23.2 Å². The summed E-state index contributed by atoms with van der Waals surface area (Å²) in [5.41, 5.74) is 2.75. The number of nitrogens with one attached hydrogen (secondary N) is 1. The largest absolute Gasteiger partial charge is 0.467 e. The molecule has 0 aliphatic carbocycles. The molecule has 7 heteroatoms. The summed E-state index contributed by atoms with van der Waals surface area (Å²) in [6, 6.07) is 17.2. The first-order chi connectivity index (χ1) is 14.6. The molecule has 4 rings (SSSR count). The fourth-order valence-corrected chi connectivity index (χ4v) is 3.55. The average Bonchev–Trinajstić information content (AvgIpc) is 3.43. The number of amides is 1. The van der Waals surface area contributed by atoms with Gasteiger partial charge in [-0.3, -0.25) is 4.79 Å². The van der Waals surface area contributed by atoms with Crippen LogP contribution in [0.25, 0.3) is 0 Å². The van der Waals surface area contributed by atoms with E-state index in [-0.39, 0.29) is 24.3 Å². The molecule has 0 radical (unpaired) electrons. The molecule has 154 valence electrons. The van der Waals surface area contributed by atoms with Crippen LogP contribution in [0.15, 0.2) is 76.4 Å². The zero-order valence-electron chi connectivity index (χ0n) is 16.2. The molecule has 1 N–H and O–H groups in total. The first kappa shape index (κ1) is 20.3. The third kappa shape index (κ3) is 4.78. The van der Waals surface area contributed by atoms with Crippen LogP contribution in [-0.4, -0.2) is 29.7 Å². The topological polar surface area (TPSA) is 57.8 Å². The van der Waals surface area contributed by atoms with E-state index in [1.807, 2.05) is 30.3 Å². The Morgan fingerprint density at radius 3 is 2.63 bits per heavy atom. The van der Waals surface area contributed by atoms with E-state index in [1.54, 1.807) is 24.5 Å². The molecular weight excluding hydrogens is 405 g/mol. The second-order valence-electron chi connectivity index (χ2n) is 7.08.